The molecule has 3 nitrogen and oxygen atoms in total. The van der Waals surface area contributed by atoms with Crippen molar-refractivity contribution in [3.63, 3.8) is 0 Å². The van der Waals surface area contributed by atoms with Crippen LogP contribution in [0.25, 0.3) is 0 Å². The summed E-state index contributed by atoms with van der Waals surface area (Å²) >= 11 is 0. The van der Waals surface area contributed by atoms with E-state index < -0.39 is 9.84 Å². The number of rotatable bonds is 2. The molecule has 1 fully saturated rings. The molecule has 0 aromatic carbocycles. The summed E-state index contributed by atoms with van der Waals surface area (Å²) in [6.07, 6.45) is 5.75. The lowest BCUT2D eigenvalue weighted by Crippen LogP contribution is -2.31. The van der Waals surface area contributed by atoms with Crippen LogP contribution in [0.15, 0.2) is 11.6 Å². The minimum atomic E-state index is -2.77. The third-order valence-electron chi connectivity index (χ3n) is 2.91. The predicted octanol–water partition coefficient (Wildman–Crippen LogP) is 0.827. The third kappa shape index (κ3) is 2.58. The molecule has 0 bridgehead atoms. The van der Waals surface area contributed by atoms with Crippen LogP contribution in [0, 0.1) is 0 Å². The molecule has 1 saturated heterocycles. The van der Waals surface area contributed by atoms with Crippen LogP contribution in [0.3, 0.4) is 0 Å². The normalized spacial score (nSPS) is 27.6. The lowest BCUT2D eigenvalue weighted by atomic mass is 10.1. The van der Waals surface area contributed by atoms with Gasteiger partial charge in [-0.05, 0) is 31.5 Å². The lowest BCUT2D eigenvalue weighted by Gasteiger charge is -2.26. The standard InChI is InChI=1S/C10H17NO2S/c12-14(13)7-4-10(9-14)8-11-5-2-1-3-6-11/h4H,1-3,5-9H2. The zero-order chi connectivity index (χ0) is 10.0. The Bertz CT molecular complexity index is 326. The molecule has 2 aliphatic heterocycles. The molecule has 2 rings (SSSR count). The highest BCUT2D eigenvalue weighted by Gasteiger charge is 2.21. The van der Waals surface area contributed by atoms with Gasteiger partial charge in [0.25, 0.3) is 0 Å². The van der Waals surface area contributed by atoms with E-state index in [4.69, 9.17) is 0 Å². The summed E-state index contributed by atoms with van der Waals surface area (Å²) in [6.45, 7) is 3.15. The van der Waals surface area contributed by atoms with Crippen molar-refractivity contribution in [1.29, 1.82) is 0 Å². The number of hydrogen-bond acceptors (Lipinski definition) is 3. The molecular weight excluding hydrogens is 198 g/mol. The van der Waals surface area contributed by atoms with Crippen molar-refractivity contribution in [2.45, 2.75) is 19.3 Å². The maximum atomic E-state index is 11.2. The molecule has 0 saturated carbocycles. The Morgan fingerprint density at radius 2 is 1.93 bits per heavy atom. The fourth-order valence-electron chi connectivity index (χ4n) is 2.16. The molecule has 0 atom stereocenters. The van der Waals surface area contributed by atoms with Crippen LogP contribution in [-0.2, 0) is 9.84 Å². The lowest BCUT2D eigenvalue weighted by molar-refractivity contribution is 0.247. The Kier molecular flexibility index (Phi) is 2.93. The van der Waals surface area contributed by atoms with E-state index >= 15 is 0 Å². The molecule has 0 aromatic heterocycles. The van der Waals surface area contributed by atoms with Crippen molar-refractivity contribution in [1.82, 2.24) is 4.90 Å². The van der Waals surface area contributed by atoms with Gasteiger partial charge in [0.05, 0.1) is 11.5 Å². The molecule has 4 heteroatoms. The Morgan fingerprint density at radius 3 is 2.50 bits per heavy atom. The van der Waals surface area contributed by atoms with Gasteiger partial charge < -0.3 is 0 Å². The maximum Gasteiger partial charge on any atom is 0.157 e. The van der Waals surface area contributed by atoms with E-state index in [2.05, 4.69) is 4.90 Å². The Labute approximate surface area is 85.7 Å². The van der Waals surface area contributed by atoms with Crippen molar-refractivity contribution in [3.8, 4) is 0 Å². The molecule has 0 aromatic rings. The second-order valence-electron chi connectivity index (χ2n) is 4.25. The molecule has 0 amide bonds. The van der Waals surface area contributed by atoms with Gasteiger partial charge in [-0.1, -0.05) is 12.5 Å². The van der Waals surface area contributed by atoms with Crippen LogP contribution in [0.2, 0.25) is 0 Å². The van der Waals surface area contributed by atoms with Crippen molar-refractivity contribution >= 4 is 9.84 Å². The van der Waals surface area contributed by atoms with E-state index in [1.54, 1.807) is 0 Å². The molecule has 0 spiro atoms. The fraction of sp³-hybridized carbons (Fsp3) is 0.800. The molecule has 2 heterocycles. The average molecular weight is 215 g/mol. The van der Waals surface area contributed by atoms with E-state index in [1.807, 2.05) is 6.08 Å². The quantitative estimate of drug-likeness (QED) is 0.640. The number of likely N-dealkylation sites (tertiary alicyclic amines) is 1. The SMILES string of the molecule is O=S1(=O)CC=C(CN2CCCCC2)C1. The smallest absolute Gasteiger partial charge is 0.157 e. The highest BCUT2D eigenvalue weighted by atomic mass is 32.2. The van der Waals surface area contributed by atoms with E-state index in [9.17, 15) is 8.42 Å². The fourth-order valence-corrected chi connectivity index (χ4v) is 3.54. The summed E-state index contributed by atoms with van der Waals surface area (Å²) in [5.74, 6) is 0.555. The van der Waals surface area contributed by atoms with Gasteiger partial charge in [-0.3, -0.25) is 4.90 Å². The molecular formula is C10H17NO2S. The van der Waals surface area contributed by atoms with Gasteiger partial charge in [0.1, 0.15) is 0 Å². The summed E-state index contributed by atoms with van der Waals surface area (Å²) < 4.78 is 22.4. The van der Waals surface area contributed by atoms with Gasteiger partial charge in [0.2, 0.25) is 0 Å². The van der Waals surface area contributed by atoms with Gasteiger partial charge >= 0.3 is 0 Å². The van der Waals surface area contributed by atoms with Crippen molar-refractivity contribution < 1.29 is 8.42 Å². The Hall–Kier alpha value is -0.350. The summed E-state index contributed by atoms with van der Waals surface area (Å²) in [7, 11) is -2.77. The van der Waals surface area contributed by atoms with E-state index in [1.165, 1.54) is 19.3 Å². The van der Waals surface area contributed by atoms with Crippen LogP contribution in [0.1, 0.15) is 19.3 Å². The molecule has 0 unspecified atom stereocenters. The minimum Gasteiger partial charge on any atom is -0.299 e. The zero-order valence-corrected chi connectivity index (χ0v) is 9.22. The first kappa shape index (κ1) is 10.2. The van der Waals surface area contributed by atoms with Gasteiger partial charge in [-0.15, -0.1) is 0 Å². The van der Waals surface area contributed by atoms with Crippen LogP contribution in [0.4, 0.5) is 0 Å². The average Bonchev–Trinajstić information content (AvgIpc) is 2.47. The largest absolute Gasteiger partial charge is 0.299 e. The van der Waals surface area contributed by atoms with Crippen molar-refractivity contribution in [3.05, 3.63) is 11.6 Å². The number of nitrogens with zero attached hydrogens (tertiary/aromatic N) is 1. The van der Waals surface area contributed by atoms with Crippen LogP contribution in [0.5, 0.6) is 0 Å². The number of piperidine rings is 1. The van der Waals surface area contributed by atoms with E-state index in [-0.39, 0.29) is 5.75 Å². The van der Waals surface area contributed by atoms with Gasteiger partial charge in [0, 0.05) is 6.54 Å². The third-order valence-corrected chi connectivity index (χ3v) is 4.39. The summed E-state index contributed by atoms with van der Waals surface area (Å²) in [5.41, 5.74) is 1.10. The molecule has 2 aliphatic rings. The highest BCUT2D eigenvalue weighted by Crippen LogP contribution is 2.15. The second-order valence-corrected chi connectivity index (χ2v) is 6.36. The Morgan fingerprint density at radius 1 is 1.21 bits per heavy atom. The molecule has 0 radical (unpaired) electrons. The van der Waals surface area contributed by atoms with Crippen molar-refractivity contribution in [2.24, 2.45) is 0 Å². The number of sulfone groups is 1. The first-order chi connectivity index (χ1) is 6.66. The highest BCUT2D eigenvalue weighted by molar-refractivity contribution is 7.92. The van der Waals surface area contributed by atoms with Gasteiger partial charge in [-0.25, -0.2) is 8.42 Å². The predicted molar refractivity (Wildman–Crippen MR) is 57.0 cm³/mol. The molecule has 0 N–H and O–H groups in total. The van der Waals surface area contributed by atoms with Crippen molar-refractivity contribution in [2.75, 3.05) is 31.1 Å². The number of hydrogen-bond donors (Lipinski definition) is 0. The van der Waals surface area contributed by atoms with Crippen LogP contribution in [-0.4, -0.2) is 44.5 Å². The summed E-state index contributed by atoms with van der Waals surface area (Å²) in [4.78, 5) is 2.37. The van der Waals surface area contributed by atoms with Gasteiger partial charge in [-0.2, -0.15) is 0 Å². The topological polar surface area (TPSA) is 37.4 Å². The Balaban J connectivity index is 1.86. The molecule has 80 valence electrons. The summed E-state index contributed by atoms with van der Waals surface area (Å²) in [5, 5.41) is 0. The van der Waals surface area contributed by atoms with E-state index in [0.29, 0.717) is 5.75 Å². The van der Waals surface area contributed by atoms with Crippen LogP contribution >= 0.6 is 0 Å². The second kappa shape index (κ2) is 4.03. The van der Waals surface area contributed by atoms with Crippen LogP contribution < -0.4 is 0 Å². The monoisotopic (exact) mass is 215 g/mol. The summed E-state index contributed by atoms with van der Waals surface area (Å²) in [6, 6.07) is 0. The molecule has 0 aliphatic carbocycles. The van der Waals surface area contributed by atoms with E-state index in [0.717, 1.165) is 25.2 Å². The van der Waals surface area contributed by atoms with Gasteiger partial charge in [0.15, 0.2) is 9.84 Å². The minimum absolute atomic E-state index is 0.260. The zero-order valence-electron chi connectivity index (χ0n) is 8.41. The molecule has 14 heavy (non-hydrogen) atoms. The first-order valence-electron chi connectivity index (χ1n) is 5.26. The first-order valence-corrected chi connectivity index (χ1v) is 7.08. The maximum absolute atomic E-state index is 11.2.